The molecule has 0 aromatic heterocycles. The predicted octanol–water partition coefficient (Wildman–Crippen LogP) is -0.0197. The molecule has 2 saturated heterocycles. The number of hydrogen-bond acceptors (Lipinski definition) is 3. The van der Waals surface area contributed by atoms with Crippen LogP contribution in [0.2, 0.25) is 0 Å². The molecule has 0 aromatic rings. The van der Waals surface area contributed by atoms with E-state index in [1.54, 1.807) is 23.6 Å². The summed E-state index contributed by atoms with van der Waals surface area (Å²) in [6, 6.07) is 0.109. The first-order chi connectivity index (χ1) is 9.25. The molecule has 6 nitrogen and oxygen atoms in total. The SMILES string of the molecule is CC(C)N1CC(C(=O)N2CCNC(=O)C2(C)C)CC1=O. The van der Waals surface area contributed by atoms with Crippen molar-refractivity contribution in [2.75, 3.05) is 19.6 Å². The van der Waals surface area contributed by atoms with Gasteiger partial charge in [-0.3, -0.25) is 14.4 Å². The maximum atomic E-state index is 12.6. The van der Waals surface area contributed by atoms with Gasteiger partial charge < -0.3 is 15.1 Å². The molecule has 2 heterocycles. The van der Waals surface area contributed by atoms with Crippen molar-refractivity contribution in [2.24, 2.45) is 5.92 Å². The number of hydrogen-bond donors (Lipinski definition) is 1. The van der Waals surface area contributed by atoms with Gasteiger partial charge in [0.05, 0.1) is 5.92 Å². The molecule has 0 bridgehead atoms. The number of likely N-dealkylation sites (tertiary alicyclic amines) is 1. The van der Waals surface area contributed by atoms with Gasteiger partial charge in [0.2, 0.25) is 17.7 Å². The van der Waals surface area contributed by atoms with Gasteiger partial charge in [-0.25, -0.2) is 0 Å². The van der Waals surface area contributed by atoms with Crippen molar-refractivity contribution in [1.82, 2.24) is 15.1 Å². The van der Waals surface area contributed by atoms with Crippen LogP contribution in [-0.2, 0) is 14.4 Å². The second kappa shape index (κ2) is 5.07. The van der Waals surface area contributed by atoms with E-state index in [2.05, 4.69) is 5.32 Å². The maximum absolute atomic E-state index is 12.6. The van der Waals surface area contributed by atoms with Gasteiger partial charge in [-0.1, -0.05) is 0 Å². The molecule has 0 radical (unpaired) electrons. The monoisotopic (exact) mass is 281 g/mol. The summed E-state index contributed by atoms with van der Waals surface area (Å²) in [6.07, 6.45) is 0.255. The lowest BCUT2D eigenvalue weighted by Crippen LogP contribution is -2.64. The van der Waals surface area contributed by atoms with E-state index in [-0.39, 0.29) is 36.1 Å². The summed E-state index contributed by atoms with van der Waals surface area (Å²) in [7, 11) is 0. The topological polar surface area (TPSA) is 69.7 Å². The third-order valence-corrected chi connectivity index (χ3v) is 4.25. The Balaban J connectivity index is 2.12. The molecule has 3 amide bonds. The van der Waals surface area contributed by atoms with Crippen molar-refractivity contribution in [3.63, 3.8) is 0 Å². The molecule has 1 unspecified atom stereocenters. The second-order valence-corrected chi connectivity index (χ2v) is 6.35. The fourth-order valence-corrected chi connectivity index (χ4v) is 2.90. The fraction of sp³-hybridized carbons (Fsp3) is 0.786. The predicted molar refractivity (Wildman–Crippen MR) is 73.8 cm³/mol. The standard InChI is InChI=1S/C14H23N3O3/c1-9(2)16-8-10(7-11(16)18)12(19)17-6-5-15-13(20)14(17,3)4/h9-10H,5-8H2,1-4H3,(H,15,20). The molecule has 1 atom stereocenters. The molecule has 2 rings (SSSR count). The minimum atomic E-state index is -0.844. The smallest absolute Gasteiger partial charge is 0.245 e. The van der Waals surface area contributed by atoms with Gasteiger partial charge >= 0.3 is 0 Å². The van der Waals surface area contributed by atoms with Crippen LogP contribution in [0.3, 0.4) is 0 Å². The lowest BCUT2D eigenvalue weighted by Gasteiger charge is -2.42. The van der Waals surface area contributed by atoms with Gasteiger partial charge in [-0.15, -0.1) is 0 Å². The van der Waals surface area contributed by atoms with Crippen molar-refractivity contribution in [1.29, 1.82) is 0 Å². The lowest BCUT2D eigenvalue weighted by molar-refractivity contribution is -0.151. The Bertz CT molecular complexity index is 445. The van der Waals surface area contributed by atoms with Crippen LogP contribution in [0.25, 0.3) is 0 Å². The zero-order valence-corrected chi connectivity index (χ0v) is 12.6. The number of nitrogens with zero attached hydrogens (tertiary/aromatic N) is 2. The van der Waals surface area contributed by atoms with Crippen LogP contribution in [0.15, 0.2) is 0 Å². The van der Waals surface area contributed by atoms with Gasteiger partial charge in [0.25, 0.3) is 0 Å². The first-order valence-electron chi connectivity index (χ1n) is 7.14. The average molecular weight is 281 g/mol. The lowest BCUT2D eigenvalue weighted by atomic mass is 9.95. The summed E-state index contributed by atoms with van der Waals surface area (Å²) >= 11 is 0. The van der Waals surface area contributed by atoms with E-state index in [0.717, 1.165) is 0 Å². The number of carbonyl (C=O) groups excluding carboxylic acids is 3. The second-order valence-electron chi connectivity index (χ2n) is 6.35. The summed E-state index contributed by atoms with van der Waals surface area (Å²) in [5, 5.41) is 2.77. The molecular formula is C14H23N3O3. The van der Waals surface area contributed by atoms with Gasteiger partial charge in [0.15, 0.2) is 0 Å². The normalized spacial score (nSPS) is 26.1. The summed E-state index contributed by atoms with van der Waals surface area (Å²) in [4.78, 5) is 39.8. The first-order valence-corrected chi connectivity index (χ1v) is 7.14. The highest BCUT2D eigenvalue weighted by atomic mass is 16.2. The van der Waals surface area contributed by atoms with Crippen LogP contribution >= 0.6 is 0 Å². The Hall–Kier alpha value is -1.59. The van der Waals surface area contributed by atoms with Crippen LogP contribution in [0, 0.1) is 5.92 Å². The van der Waals surface area contributed by atoms with Gasteiger partial charge in [0, 0.05) is 32.1 Å². The molecule has 0 aliphatic carbocycles. The maximum Gasteiger partial charge on any atom is 0.245 e. The summed E-state index contributed by atoms with van der Waals surface area (Å²) < 4.78 is 0. The van der Waals surface area contributed by atoms with E-state index >= 15 is 0 Å². The minimum Gasteiger partial charge on any atom is -0.352 e. The first kappa shape index (κ1) is 14.8. The van der Waals surface area contributed by atoms with E-state index in [1.165, 1.54) is 0 Å². The van der Waals surface area contributed by atoms with Gasteiger partial charge in [-0.2, -0.15) is 0 Å². The van der Waals surface area contributed by atoms with Crippen LogP contribution in [0.4, 0.5) is 0 Å². The molecule has 112 valence electrons. The minimum absolute atomic E-state index is 0.0256. The third kappa shape index (κ3) is 2.39. The Labute approximate surface area is 119 Å². The Kier molecular flexibility index (Phi) is 3.75. The average Bonchev–Trinajstić information content (AvgIpc) is 2.74. The molecule has 2 fully saturated rings. The van der Waals surface area contributed by atoms with Crippen molar-refractivity contribution >= 4 is 17.7 Å². The van der Waals surface area contributed by atoms with Crippen molar-refractivity contribution < 1.29 is 14.4 Å². The van der Waals surface area contributed by atoms with E-state index < -0.39 is 5.54 Å². The molecule has 20 heavy (non-hydrogen) atoms. The molecular weight excluding hydrogens is 258 g/mol. The number of piperazine rings is 1. The van der Waals surface area contributed by atoms with E-state index in [9.17, 15) is 14.4 Å². The summed E-state index contributed by atoms with van der Waals surface area (Å²) in [6.45, 7) is 8.83. The summed E-state index contributed by atoms with van der Waals surface area (Å²) in [5.74, 6) is -0.517. The molecule has 6 heteroatoms. The number of nitrogens with one attached hydrogen (secondary N) is 1. The fourth-order valence-electron chi connectivity index (χ4n) is 2.90. The molecule has 0 aromatic carbocycles. The van der Waals surface area contributed by atoms with E-state index in [0.29, 0.717) is 19.6 Å². The van der Waals surface area contributed by atoms with E-state index in [1.807, 2.05) is 13.8 Å². The largest absolute Gasteiger partial charge is 0.352 e. The quantitative estimate of drug-likeness (QED) is 0.773. The zero-order valence-electron chi connectivity index (χ0n) is 12.6. The van der Waals surface area contributed by atoms with Crippen LogP contribution in [-0.4, -0.2) is 58.7 Å². The highest BCUT2D eigenvalue weighted by molar-refractivity contribution is 5.95. The molecule has 1 N–H and O–H groups in total. The highest BCUT2D eigenvalue weighted by Gasteiger charge is 2.45. The highest BCUT2D eigenvalue weighted by Crippen LogP contribution is 2.26. The zero-order chi connectivity index (χ0) is 15.1. The molecule has 0 saturated carbocycles. The van der Waals surface area contributed by atoms with Crippen LogP contribution in [0.5, 0.6) is 0 Å². The van der Waals surface area contributed by atoms with Crippen molar-refractivity contribution in [3.8, 4) is 0 Å². The molecule has 2 aliphatic heterocycles. The van der Waals surface area contributed by atoms with Crippen molar-refractivity contribution in [2.45, 2.75) is 45.7 Å². The van der Waals surface area contributed by atoms with E-state index in [4.69, 9.17) is 0 Å². The number of rotatable bonds is 2. The van der Waals surface area contributed by atoms with Gasteiger partial charge in [0.1, 0.15) is 5.54 Å². The summed E-state index contributed by atoms with van der Waals surface area (Å²) in [5.41, 5.74) is -0.844. The molecule has 2 aliphatic rings. The Morgan fingerprint density at radius 2 is 2.00 bits per heavy atom. The number of amides is 3. The Morgan fingerprint density at radius 1 is 1.35 bits per heavy atom. The Morgan fingerprint density at radius 3 is 2.55 bits per heavy atom. The number of carbonyl (C=O) groups is 3. The van der Waals surface area contributed by atoms with Gasteiger partial charge in [-0.05, 0) is 27.7 Å². The van der Waals surface area contributed by atoms with Crippen LogP contribution in [0.1, 0.15) is 34.1 Å². The van der Waals surface area contributed by atoms with Crippen molar-refractivity contribution in [3.05, 3.63) is 0 Å². The van der Waals surface area contributed by atoms with Crippen LogP contribution < -0.4 is 5.32 Å². The molecule has 0 spiro atoms. The third-order valence-electron chi connectivity index (χ3n) is 4.25.